The van der Waals surface area contributed by atoms with Crippen LogP contribution in [-0.4, -0.2) is 30.6 Å². The molecule has 1 heterocycles. The Hall–Kier alpha value is -3.54. The van der Waals surface area contributed by atoms with Crippen molar-refractivity contribution in [2.75, 3.05) is 13.7 Å². The minimum Gasteiger partial charge on any atom is -0.508 e. The number of nitrogens with one attached hydrogen (secondary N) is 1. The summed E-state index contributed by atoms with van der Waals surface area (Å²) in [5, 5.41) is 13.4. The fourth-order valence-electron chi connectivity index (χ4n) is 4.67. The number of Topliss-reactive ketones (excluding diaryl/α,β-unsaturated/α-hetero) is 1. The SMILES string of the molecule is CCOC(=O)C1=C(C)NC2=C(C(=O)C[C@H](c3ccc(OC)cc3)C2)[C@H]1c1cccc(O)c1. The van der Waals surface area contributed by atoms with E-state index in [2.05, 4.69) is 5.32 Å². The molecule has 2 atom stereocenters. The van der Waals surface area contributed by atoms with E-state index in [0.717, 1.165) is 17.0 Å². The van der Waals surface area contributed by atoms with Crippen LogP contribution in [0.1, 0.15) is 49.7 Å². The number of aromatic hydroxyl groups is 1. The molecule has 0 bridgehead atoms. The monoisotopic (exact) mass is 433 g/mol. The Morgan fingerprint density at radius 1 is 1.12 bits per heavy atom. The summed E-state index contributed by atoms with van der Waals surface area (Å²) in [4.78, 5) is 26.4. The van der Waals surface area contributed by atoms with E-state index in [1.807, 2.05) is 37.3 Å². The van der Waals surface area contributed by atoms with Gasteiger partial charge in [0.05, 0.1) is 19.3 Å². The van der Waals surface area contributed by atoms with Gasteiger partial charge < -0.3 is 19.9 Å². The van der Waals surface area contributed by atoms with Crippen molar-refractivity contribution in [2.24, 2.45) is 0 Å². The Bertz CT molecular complexity index is 1110. The molecule has 0 aromatic heterocycles. The van der Waals surface area contributed by atoms with Crippen LogP contribution in [0.5, 0.6) is 11.5 Å². The summed E-state index contributed by atoms with van der Waals surface area (Å²) in [7, 11) is 1.62. The Morgan fingerprint density at radius 3 is 2.53 bits per heavy atom. The topological polar surface area (TPSA) is 84.9 Å². The maximum atomic E-state index is 13.5. The molecule has 4 rings (SSSR count). The molecule has 2 aromatic rings. The van der Waals surface area contributed by atoms with E-state index in [1.165, 1.54) is 0 Å². The molecule has 1 aliphatic heterocycles. The molecule has 2 aromatic carbocycles. The first-order valence-electron chi connectivity index (χ1n) is 10.8. The number of dihydropyridines is 1. The van der Waals surface area contributed by atoms with E-state index in [9.17, 15) is 14.7 Å². The number of hydrogen-bond donors (Lipinski definition) is 2. The highest BCUT2D eigenvalue weighted by atomic mass is 16.5. The second kappa shape index (κ2) is 8.91. The van der Waals surface area contributed by atoms with Gasteiger partial charge in [-0.3, -0.25) is 4.79 Å². The molecule has 0 saturated carbocycles. The highest BCUT2D eigenvalue weighted by Crippen LogP contribution is 2.46. The Kier molecular flexibility index (Phi) is 6.04. The van der Waals surface area contributed by atoms with Gasteiger partial charge in [-0.2, -0.15) is 0 Å². The van der Waals surface area contributed by atoms with Gasteiger partial charge in [0.25, 0.3) is 0 Å². The van der Waals surface area contributed by atoms with Crippen molar-refractivity contribution in [1.29, 1.82) is 0 Å². The average molecular weight is 434 g/mol. The number of benzene rings is 2. The lowest BCUT2D eigenvalue weighted by atomic mass is 9.71. The maximum Gasteiger partial charge on any atom is 0.336 e. The highest BCUT2D eigenvalue weighted by Gasteiger charge is 2.41. The number of esters is 1. The zero-order chi connectivity index (χ0) is 22.8. The Morgan fingerprint density at radius 2 is 1.88 bits per heavy atom. The lowest BCUT2D eigenvalue weighted by Gasteiger charge is -2.36. The summed E-state index contributed by atoms with van der Waals surface area (Å²) in [6.45, 7) is 3.82. The third-order valence-corrected chi connectivity index (χ3v) is 6.11. The van der Waals surface area contributed by atoms with Crippen molar-refractivity contribution in [3.8, 4) is 11.5 Å². The molecule has 2 aliphatic rings. The van der Waals surface area contributed by atoms with Crippen LogP contribution in [0.25, 0.3) is 0 Å². The number of carbonyl (C=O) groups is 2. The molecule has 166 valence electrons. The first-order valence-corrected chi connectivity index (χ1v) is 10.8. The third kappa shape index (κ3) is 4.00. The molecule has 0 fully saturated rings. The molecule has 0 spiro atoms. The summed E-state index contributed by atoms with van der Waals surface area (Å²) in [5.74, 6) is -0.162. The minimum atomic E-state index is -0.582. The average Bonchev–Trinajstić information content (AvgIpc) is 2.78. The number of ether oxygens (including phenoxy) is 2. The molecular weight excluding hydrogens is 406 g/mol. The first-order chi connectivity index (χ1) is 15.4. The molecule has 32 heavy (non-hydrogen) atoms. The minimum absolute atomic E-state index is 0.0118. The molecule has 2 N–H and O–H groups in total. The van der Waals surface area contributed by atoms with Crippen LogP contribution in [0.2, 0.25) is 0 Å². The van der Waals surface area contributed by atoms with Crippen LogP contribution < -0.4 is 10.1 Å². The van der Waals surface area contributed by atoms with Crippen molar-refractivity contribution < 1.29 is 24.2 Å². The number of methoxy groups -OCH3 is 1. The van der Waals surface area contributed by atoms with E-state index in [4.69, 9.17) is 9.47 Å². The molecule has 0 radical (unpaired) electrons. The number of allylic oxidation sites excluding steroid dienone is 3. The molecular formula is C26H27NO5. The van der Waals surface area contributed by atoms with Gasteiger partial charge >= 0.3 is 5.97 Å². The third-order valence-electron chi connectivity index (χ3n) is 6.11. The zero-order valence-electron chi connectivity index (χ0n) is 18.5. The van der Waals surface area contributed by atoms with Crippen LogP contribution in [0.4, 0.5) is 0 Å². The van der Waals surface area contributed by atoms with Crippen LogP contribution in [0.3, 0.4) is 0 Å². The van der Waals surface area contributed by atoms with Crippen LogP contribution in [0.15, 0.2) is 71.1 Å². The zero-order valence-corrected chi connectivity index (χ0v) is 18.5. The second-order valence-electron chi connectivity index (χ2n) is 8.11. The largest absolute Gasteiger partial charge is 0.508 e. The summed E-state index contributed by atoms with van der Waals surface area (Å²) >= 11 is 0. The van der Waals surface area contributed by atoms with Gasteiger partial charge in [-0.15, -0.1) is 0 Å². The summed E-state index contributed by atoms with van der Waals surface area (Å²) in [5.41, 5.74) is 4.23. The van der Waals surface area contributed by atoms with Crippen molar-refractivity contribution in [1.82, 2.24) is 5.32 Å². The lowest BCUT2D eigenvalue weighted by Crippen LogP contribution is -2.36. The highest BCUT2D eigenvalue weighted by molar-refractivity contribution is 6.04. The Labute approximate surface area is 187 Å². The van der Waals surface area contributed by atoms with Crippen molar-refractivity contribution in [3.63, 3.8) is 0 Å². The molecule has 0 amide bonds. The van der Waals surface area contributed by atoms with Gasteiger partial charge in [0.1, 0.15) is 11.5 Å². The summed E-state index contributed by atoms with van der Waals surface area (Å²) in [6.07, 6.45) is 0.994. The molecule has 6 heteroatoms. The van der Waals surface area contributed by atoms with Crippen LogP contribution >= 0.6 is 0 Å². The van der Waals surface area contributed by atoms with Crippen molar-refractivity contribution in [2.45, 2.75) is 38.5 Å². The second-order valence-corrected chi connectivity index (χ2v) is 8.11. The van der Waals surface area contributed by atoms with Crippen LogP contribution in [-0.2, 0) is 14.3 Å². The van der Waals surface area contributed by atoms with Crippen molar-refractivity contribution in [3.05, 3.63) is 82.2 Å². The van der Waals surface area contributed by atoms with Gasteiger partial charge in [0.2, 0.25) is 0 Å². The van der Waals surface area contributed by atoms with Gasteiger partial charge in [-0.25, -0.2) is 4.79 Å². The fourth-order valence-corrected chi connectivity index (χ4v) is 4.67. The molecule has 1 aliphatic carbocycles. The lowest BCUT2D eigenvalue weighted by molar-refractivity contribution is -0.138. The first kappa shape index (κ1) is 21.7. The number of hydrogen-bond acceptors (Lipinski definition) is 6. The number of carbonyl (C=O) groups excluding carboxylic acids is 2. The van der Waals surface area contributed by atoms with Gasteiger partial charge in [-0.1, -0.05) is 24.3 Å². The predicted octanol–water partition coefficient (Wildman–Crippen LogP) is 4.33. The predicted molar refractivity (Wildman–Crippen MR) is 120 cm³/mol. The van der Waals surface area contributed by atoms with E-state index in [-0.39, 0.29) is 24.1 Å². The molecule has 0 saturated heterocycles. The number of phenols is 1. The number of rotatable bonds is 5. The maximum absolute atomic E-state index is 13.5. The smallest absolute Gasteiger partial charge is 0.336 e. The molecule has 6 nitrogen and oxygen atoms in total. The normalized spacial score (nSPS) is 20.5. The molecule has 0 unspecified atom stereocenters. The van der Waals surface area contributed by atoms with E-state index in [1.54, 1.807) is 32.2 Å². The van der Waals surface area contributed by atoms with Gasteiger partial charge in [0.15, 0.2) is 5.78 Å². The van der Waals surface area contributed by atoms with Crippen molar-refractivity contribution >= 4 is 11.8 Å². The van der Waals surface area contributed by atoms with E-state index in [0.29, 0.717) is 35.2 Å². The van der Waals surface area contributed by atoms with Crippen LogP contribution in [0, 0.1) is 0 Å². The van der Waals surface area contributed by atoms with Gasteiger partial charge in [-0.05, 0) is 61.6 Å². The fraction of sp³-hybridized carbons (Fsp3) is 0.308. The quantitative estimate of drug-likeness (QED) is 0.683. The van der Waals surface area contributed by atoms with E-state index >= 15 is 0 Å². The number of phenolic OH excluding ortho intramolecular Hbond substituents is 1. The summed E-state index contributed by atoms with van der Waals surface area (Å²) in [6, 6.07) is 14.5. The van der Waals surface area contributed by atoms with Gasteiger partial charge in [0, 0.05) is 29.3 Å². The Balaban J connectivity index is 1.77. The van der Waals surface area contributed by atoms with E-state index < -0.39 is 11.9 Å². The number of ketones is 1. The summed E-state index contributed by atoms with van der Waals surface area (Å²) < 4.78 is 10.6. The standard InChI is InChI=1S/C26H27NO5/c1-4-32-26(30)23-15(2)27-21-13-18(16-8-10-20(31-3)11-9-16)14-22(29)25(21)24(23)17-6-5-7-19(28)12-17/h5-12,18,24,27-28H,4,13-14H2,1-3H3/t18-,24+/m1/s1.